The summed E-state index contributed by atoms with van der Waals surface area (Å²) in [5.41, 5.74) is 4.28. The number of carbonyl (C=O) groups is 3. The third-order valence-corrected chi connectivity index (χ3v) is 14.3. The quantitative estimate of drug-likeness (QED) is 0.0252. The number of phosphoric acid groups is 3. The second kappa shape index (κ2) is 30.0. The van der Waals surface area contributed by atoms with Gasteiger partial charge in [-0.25, -0.2) is 28.6 Å². The molecule has 1 aliphatic rings. The number of hydrogen-bond donors (Lipinski definition) is 9. The van der Waals surface area contributed by atoms with Crippen molar-refractivity contribution in [2.45, 2.75) is 135 Å². The average molecular weight is 1060 g/mol. The number of thioether (sulfide) groups is 1. The number of imidazole rings is 1. The van der Waals surface area contributed by atoms with E-state index in [4.69, 9.17) is 19.5 Å². The van der Waals surface area contributed by atoms with Gasteiger partial charge in [0.2, 0.25) is 11.8 Å². The minimum absolute atomic E-state index is 0.0317. The summed E-state index contributed by atoms with van der Waals surface area (Å²) in [5.74, 6) is -1.05. The molecule has 0 bridgehead atoms. The van der Waals surface area contributed by atoms with Gasteiger partial charge in [-0.2, -0.15) is 4.31 Å². The van der Waals surface area contributed by atoms with Crippen molar-refractivity contribution in [1.29, 1.82) is 0 Å². The molecule has 2 aromatic heterocycles. The molecule has 1 fully saturated rings. The average Bonchev–Trinajstić information content (AvgIpc) is 3.84. The Morgan fingerprint density at radius 2 is 1.52 bits per heavy atom. The van der Waals surface area contributed by atoms with Crippen molar-refractivity contribution in [3.8, 4) is 0 Å². The Hall–Kier alpha value is -3.22. The Balaban J connectivity index is 1.29. The first kappa shape index (κ1) is 60.1. The lowest BCUT2D eigenvalue weighted by Gasteiger charge is -2.30. The van der Waals surface area contributed by atoms with Gasteiger partial charge >= 0.3 is 23.5 Å². The number of amides is 2. The van der Waals surface area contributed by atoms with Crippen LogP contribution in [-0.4, -0.2) is 123 Å². The van der Waals surface area contributed by atoms with Gasteiger partial charge in [-0.15, -0.1) is 0 Å². The molecule has 0 aromatic carbocycles. The molecule has 0 saturated carbocycles. The zero-order valence-corrected chi connectivity index (χ0v) is 42.5. The Morgan fingerprint density at radius 3 is 2.19 bits per heavy atom. The smallest absolute Gasteiger partial charge is 0.386 e. The number of phosphoric ester groups is 3. The Bertz CT molecular complexity index is 2170. The second-order valence-electron chi connectivity index (χ2n) is 16.6. The number of nitrogen functional groups attached to an aromatic ring is 1. The van der Waals surface area contributed by atoms with E-state index in [0.717, 1.165) is 80.4 Å². The molecule has 1 aliphatic heterocycles. The van der Waals surface area contributed by atoms with Gasteiger partial charge in [0.05, 0.1) is 19.5 Å². The van der Waals surface area contributed by atoms with Crippen molar-refractivity contribution in [3.05, 3.63) is 49.1 Å². The molecule has 1 saturated heterocycles. The largest absolute Gasteiger partial charge is 0.481 e. The highest BCUT2D eigenvalue weighted by atomic mass is 32.2. The van der Waals surface area contributed by atoms with E-state index < -0.39 is 84.6 Å². The van der Waals surface area contributed by atoms with Crippen LogP contribution in [0.4, 0.5) is 5.82 Å². The predicted octanol–water partition coefficient (Wildman–Crippen LogP) is 5.03. The van der Waals surface area contributed by atoms with Crippen LogP contribution >= 0.6 is 35.2 Å². The Labute approximate surface area is 405 Å². The van der Waals surface area contributed by atoms with Gasteiger partial charge in [-0.05, 0) is 44.9 Å². The fourth-order valence-corrected chi connectivity index (χ4v) is 10.1. The van der Waals surface area contributed by atoms with Crippen molar-refractivity contribution < 1.29 is 80.5 Å². The number of aliphatic hydroxyl groups excluding tert-OH is 2. The van der Waals surface area contributed by atoms with Crippen LogP contribution in [0.15, 0.2) is 49.1 Å². The molecular formula is C41H68N7O17P3S. The fourth-order valence-electron chi connectivity index (χ4n) is 6.54. The number of allylic oxidation sites excluding steroid dienone is 6. The Morgan fingerprint density at radius 1 is 0.884 bits per heavy atom. The molecule has 2 unspecified atom stereocenters. The molecule has 0 spiro atoms. The van der Waals surface area contributed by atoms with Crippen LogP contribution in [-0.2, 0) is 50.7 Å². The number of carbonyl (C=O) groups excluding carboxylic acids is 3. The lowest BCUT2D eigenvalue weighted by molar-refractivity contribution is -0.137. The monoisotopic (exact) mass is 1060 g/mol. The molecule has 69 heavy (non-hydrogen) atoms. The van der Waals surface area contributed by atoms with Gasteiger partial charge in [0.25, 0.3) is 0 Å². The van der Waals surface area contributed by atoms with E-state index in [9.17, 15) is 57.9 Å². The molecule has 0 aliphatic carbocycles. The molecule has 2 aromatic rings. The molecule has 7 atom stereocenters. The van der Waals surface area contributed by atoms with Crippen LogP contribution < -0.4 is 16.4 Å². The summed E-state index contributed by atoms with van der Waals surface area (Å²) in [6, 6.07) is 0. The van der Waals surface area contributed by atoms with Crippen LogP contribution in [0.3, 0.4) is 0 Å². The standard InChI is InChI=1S/C41H68N7O17P3S/c1-4-5-6-7-8-9-10-11-12-13-14-15-16-17-18-19-20-21-32(50)69-25-24-43-31(49)22-23-44-39(53)36(52)41(2,3)27-62-68(59,60)65-67(57,58)61-26-30-35(64-66(54,55)56)34(51)40(63-30)48-29-47-33-37(42)45-28-46-38(33)48/h8-9,11-12,14-15,28-30,34-36,40,51-52H,4-7,10,13,16-27H2,1-3H3,(H,43,49)(H,44,53)(H,57,58)(H,59,60)(H2,42,45,46)(H2,54,55,56)/t30-,34-,35-,36+,40-/m1/s1. The van der Waals surface area contributed by atoms with E-state index in [1.807, 2.05) is 0 Å². The number of hydrogen-bond acceptors (Lipinski definition) is 18. The van der Waals surface area contributed by atoms with Gasteiger partial charge in [-0.3, -0.25) is 32.5 Å². The van der Waals surface area contributed by atoms with Gasteiger partial charge in [-0.1, -0.05) is 94.7 Å². The summed E-state index contributed by atoms with van der Waals surface area (Å²) >= 11 is 1.14. The molecule has 0 radical (unpaired) electrons. The number of nitrogens with two attached hydrogens (primary N) is 1. The lowest BCUT2D eigenvalue weighted by atomic mass is 9.87. The van der Waals surface area contributed by atoms with Crippen LogP contribution in [0.1, 0.15) is 110 Å². The number of nitrogens with one attached hydrogen (secondary N) is 2. The maximum absolute atomic E-state index is 12.7. The zero-order valence-electron chi connectivity index (χ0n) is 39.0. The van der Waals surface area contributed by atoms with Crippen LogP contribution in [0.5, 0.6) is 0 Å². The first-order chi connectivity index (χ1) is 32.6. The fraction of sp³-hybridized carbons (Fsp3) is 0.659. The van der Waals surface area contributed by atoms with Gasteiger partial charge in [0, 0.05) is 37.1 Å². The number of nitrogens with zero attached hydrogens (tertiary/aromatic N) is 4. The highest BCUT2D eigenvalue weighted by Gasteiger charge is 2.50. The minimum atomic E-state index is -5.58. The van der Waals surface area contributed by atoms with Crippen molar-refractivity contribution in [1.82, 2.24) is 30.2 Å². The predicted molar refractivity (Wildman–Crippen MR) is 256 cm³/mol. The van der Waals surface area contributed by atoms with E-state index in [1.165, 1.54) is 33.1 Å². The summed E-state index contributed by atoms with van der Waals surface area (Å²) in [5, 5.41) is 26.6. The molecular weight excluding hydrogens is 987 g/mol. The summed E-state index contributed by atoms with van der Waals surface area (Å²) in [7, 11) is -16.4. The number of aliphatic hydroxyl groups is 2. The molecule has 2 amide bonds. The number of ether oxygens (including phenoxy) is 1. The maximum Gasteiger partial charge on any atom is 0.481 e. The Kier molecular flexibility index (Phi) is 26.1. The zero-order chi connectivity index (χ0) is 51.1. The van der Waals surface area contributed by atoms with E-state index >= 15 is 0 Å². The lowest BCUT2D eigenvalue weighted by Crippen LogP contribution is -2.46. The van der Waals surface area contributed by atoms with E-state index in [2.05, 4.69) is 77.8 Å². The number of rotatable bonds is 34. The summed E-state index contributed by atoms with van der Waals surface area (Å²) in [4.78, 5) is 88.4. The molecule has 24 nitrogen and oxygen atoms in total. The van der Waals surface area contributed by atoms with Gasteiger partial charge in [0.15, 0.2) is 22.8 Å². The summed E-state index contributed by atoms with van der Waals surface area (Å²) < 4.78 is 62.4. The molecule has 10 N–H and O–H groups in total. The number of unbranched alkanes of at least 4 members (excludes halogenated alkanes) is 7. The number of fused-ring (bicyclic) bond motifs is 1. The van der Waals surface area contributed by atoms with Crippen LogP contribution in [0.25, 0.3) is 11.2 Å². The van der Waals surface area contributed by atoms with Crippen molar-refractivity contribution in [2.24, 2.45) is 5.41 Å². The molecule has 3 heterocycles. The molecule has 390 valence electrons. The van der Waals surface area contributed by atoms with Crippen LogP contribution in [0.2, 0.25) is 0 Å². The van der Waals surface area contributed by atoms with E-state index in [1.54, 1.807) is 0 Å². The highest BCUT2D eigenvalue weighted by molar-refractivity contribution is 8.13. The second-order valence-corrected chi connectivity index (χ2v) is 22.0. The normalized spacial score (nSPS) is 20.2. The maximum atomic E-state index is 12.7. The van der Waals surface area contributed by atoms with Gasteiger partial charge < -0.3 is 50.9 Å². The first-order valence-corrected chi connectivity index (χ1v) is 28.1. The third kappa shape index (κ3) is 22.8. The van der Waals surface area contributed by atoms with Crippen LogP contribution in [0, 0.1) is 5.41 Å². The van der Waals surface area contributed by atoms with Crippen molar-refractivity contribution in [3.63, 3.8) is 0 Å². The first-order valence-electron chi connectivity index (χ1n) is 22.6. The number of aromatic nitrogens is 4. The molecule has 28 heteroatoms. The molecule has 3 rings (SSSR count). The third-order valence-electron chi connectivity index (χ3n) is 10.3. The summed E-state index contributed by atoms with van der Waals surface area (Å²) in [6.07, 6.45) is 18.5. The number of anilines is 1. The van der Waals surface area contributed by atoms with Crippen molar-refractivity contribution >= 4 is 69.1 Å². The SMILES string of the molecule is CCCCCC=CCC=CCC=CCCCCCCC(=O)SCCNC(=O)CCNC(=O)[C@H](O)C(C)(C)COP(=O)(O)OP(=O)(O)OC[C@H]1O[C@@H](n2cnc3c(N)ncnc32)[C@H](O)[C@@H]1OP(=O)(O)O. The van der Waals surface area contributed by atoms with E-state index in [-0.39, 0.29) is 41.6 Å². The van der Waals surface area contributed by atoms with Gasteiger partial charge in [0.1, 0.15) is 36.3 Å². The summed E-state index contributed by atoms with van der Waals surface area (Å²) in [6.45, 7) is 2.75. The topological polar surface area (TPSA) is 364 Å². The highest BCUT2D eigenvalue weighted by Crippen LogP contribution is 2.61. The van der Waals surface area contributed by atoms with E-state index in [0.29, 0.717) is 12.2 Å². The minimum Gasteiger partial charge on any atom is -0.386 e. The van der Waals surface area contributed by atoms with Crippen molar-refractivity contribution in [2.75, 3.05) is 37.8 Å².